The molecule has 0 aliphatic carbocycles. The van der Waals surface area contributed by atoms with E-state index in [0.29, 0.717) is 0 Å². The molecule has 0 aliphatic heterocycles. The van der Waals surface area contributed by atoms with Crippen molar-refractivity contribution in [1.29, 1.82) is 0 Å². The molecule has 0 saturated carbocycles. The van der Waals surface area contributed by atoms with Gasteiger partial charge in [0.15, 0.2) is 0 Å². The van der Waals surface area contributed by atoms with Crippen LogP contribution in [0.15, 0.2) is 91.8 Å². The van der Waals surface area contributed by atoms with Crippen molar-refractivity contribution in [3.63, 3.8) is 0 Å². The Bertz CT molecular complexity index is 311. The Morgan fingerprint density at radius 3 is 0.600 bits per heavy atom. The van der Waals surface area contributed by atoms with E-state index in [9.17, 15) is 0 Å². The first-order chi connectivity index (χ1) is 9.00. The molecule has 3 rings (SSSR count). The summed E-state index contributed by atoms with van der Waals surface area (Å²) in [5, 5.41) is 0. The van der Waals surface area contributed by atoms with Crippen LogP contribution in [0.4, 0.5) is 0 Å². The minimum Gasteiger partial charge on any atom is -0.344 e. The maximum absolute atomic E-state index is 3.78. The molecule has 3 N–H and O–H groups in total. The summed E-state index contributed by atoms with van der Waals surface area (Å²) in [7, 11) is 0. The normalized spacial score (nSPS) is 7.20. The van der Waals surface area contributed by atoms with Crippen LogP contribution in [0.2, 0.25) is 0 Å². The molecule has 0 aliphatic rings. The molecular weight excluding hydrogens is 431 g/mol. The van der Waals surface area contributed by atoms with E-state index in [-0.39, 0.29) is 27.2 Å². The molecule has 3 heterocycles. The topological polar surface area (TPSA) is 73.7 Å². The van der Waals surface area contributed by atoms with Crippen molar-refractivity contribution in [1.82, 2.24) is 21.1 Å². The van der Waals surface area contributed by atoms with Gasteiger partial charge in [0.1, 0.15) is 0 Å². The molecule has 108 valence electrons. The molecule has 3 aromatic heterocycles. The molecule has 0 saturated heterocycles. The van der Waals surface area contributed by atoms with Crippen molar-refractivity contribution in [2.24, 2.45) is 0 Å². The fraction of sp³-hybridized carbons (Fsp3) is 0. The number of aromatic nitrogens is 3. The second kappa shape index (κ2) is 17.1. The largest absolute Gasteiger partial charge is 0.344 e. The van der Waals surface area contributed by atoms with E-state index in [1.54, 1.807) is 37.2 Å². The molecule has 5 heteroatoms. The monoisotopic (exact) mass is 449 g/mol. The number of rotatable bonds is 0. The van der Waals surface area contributed by atoms with Gasteiger partial charge in [-0.2, -0.15) is 0 Å². The summed E-state index contributed by atoms with van der Waals surface area (Å²) >= 11 is 0. The third-order valence-corrected chi connectivity index (χ3v) is 1.70. The standard InChI is InChI=1S/3C5H5N.H3N.Pt/c3*1-2-4-6-5-3-1;;/h3*1-5H;1H3;. The second-order valence-electron chi connectivity index (χ2n) is 3.07. The van der Waals surface area contributed by atoms with Gasteiger partial charge in [-0.15, -0.1) is 0 Å². The van der Waals surface area contributed by atoms with Crippen molar-refractivity contribution < 1.29 is 21.1 Å². The first-order valence-electron chi connectivity index (χ1n) is 5.55. The van der Waals surface area contributed by atoms with Gasteiger partial charge in [-0.1, -0.05) is 18.2 Å². The summed E-state index contributed by atoms with van der Waals surface area (Å²) in [4.78, 5) is 11.4. The number of hydrogen-bond donors (Lipinski definition) is 1. The Morgan fingerprint density at radius 1 is 0.350 bits per heavy atom. The first kappa shape index (κ1) is 20.4. The number of nitrogens with zero attached hydrogens (tertiary/aromatic N) is 3. The average Bonchev–Trinajstić information content (AvgIpc) is 2.54. The molecule has 0 amide bonds. The third-order valence-electron chi connectivity index (χ3n) is 1.70. The van der Waals surface area contributed by atoms with Crippen LogP contribution in [0.1, 0.15) is 0 Å². The van der Waals surface area contributed by atoms with Crippen LogP contribution in [0.25, 0.3) is 0 Å². The number of pyridine rings is 3. The van der Waals surface area contributed by atoms with E-state index in [1.807, 2.05) is 54.6 Å². The van der Waals surface area contributed by atoms with Gasteiger partial charge in [-0.25, -0.2) is 0 Å². The van der Waals surface area contributed by atoms with Crippen molar-refractivity contribution in [3.8, 4) is 0 Å². The van der Waals surface area contributed by atoms with Gasteiger partial charge in [0.25, 0.3) is 0 Å². The summed E-state index contributed by atoms with van der Waals surface area (Å²) in [5.74, 6) is 0. The Kier molecular flexibility index (Phi) is 17.5. The molecule has 3 aromatic rings. The van der Waals surface area contributed by atoms with Crippen LogP contribution in [0, 0.1) is 0 Å². The maximum atomic E-state index is 3.78. The van der Waals surface area contributed by atoms with Gasteiger partial charge in [-0.3, -0.25) is 15.0 Å². The molecule has 0 fully saturated rings. The van der Waals surface area contributed by atoms with E-state index >= 15 is 0 Å². The minimum absolute atomic E-state index is 0. The quantitative estimate of drug-likeness (QED) is 0.571. The van der Waals surface area contributed by atoms with Crippen LogP contribution in [-0.4, -0.2) is 15.0 Å². The van der Waals surface area contributed by atoms with Gasteiger partial charge in [0.05, 0.1) is 0 Å². The van der Waals surface area contributed by atoms with E-state index in [1.165, 1.54) is 0 Å². The molecule has 4 nitrogen and oxygen atoms in total. The fourth-order valence-corrected chi connectivity index (χ4v) is 0.938. The van der Waals surface area contributed by atoms with Crippen molar-refractivity contribution >= 4 is 0 Å². The maximum Gasteiger partial charge on any atom is 0.0267 e. The summed E-state index contributed by atoms with van der Waals surface area (Å²) in [6, 6.07) is 17.1. The van der Waals surface area contributed by atoms with Gasteiger partial charge in [0, 0.05) is 58.2 Å². The van der Waals surface area contributed by atoms with E-state index in [2.05, 4.69) is 15.0 Å². The van der Waals surface area contributed by atoms with Crippen molar-refractivity contribution in [2.45, 2.75) is 0 Å². The molecule has 0 bridgehead atoms. The van der Waals surface area contributed by atoms with E-state index in [4.69, 9.17) is 0 Å². The zero-order valence-electron chi connectivity index (χ0n) is 11.0. The first-order valence-corrected chi connectivity index (χ1v) is 5.55. The third kappa shape index (κ3) is 14.2. The summed E-state index contributed by atoms with van der Waals surface area (Å²) in [6.45, 7) is 0. The number of hydrogen-bond acceptors (Lipinski definition) is 4. The molecule has 0 spiro atoms. The van der Waals surface area contributed by atoms with E-state index in [0.717, 1.165) is 0 Å². The Morgan fingerprint density at radius 2 is 0.550 bits per heavy atom. The molecule has 0 radical (unpaired) electrons. The van der Waals surface area contributed by atoms with Crippen LogP contribution < -0.4 is 6.15 Å². The smallest absolute Gasteiger partial charge is 0.0267 e. The Labute approximate surface area is 134 Å². The average molecular weight is 449 g/mol. The van der Waals surface area contributed by atoms with Crippen molar-refractivity contribution in [2.75, 3.05) is 0 Å². The van der Waals surface area contributed by atoms with E-state index < -0.39 is 0 Å². The second-order valence-corrected chi connectivity index (χ2v) is 3.07. The molecule has 20 heavy (non-hydrogen) atoms. The van der Waals surface area contributed by atoms with Crippen LogP contribution in [-0.2, 0) is 21.1 Å². The fourth-order valence-electron chi connectivity index (χ4n) is 0.938. The molecule has 0 unspecified atom stereocenters. The van der Waals surface area contributed by atoms with Crippen LogP contribution >= 0.6 is 0 Å². The molecule has 0 atom stereocenters. The van der Waals surface area contributed by atoms with Gasteiger partial charge in [0.2, 0.25) is 0 Å². The minimum atomic E-state index is 0. The van der Waals surface area contributed by atoms with Gasteiger partial charge >= 0.3 is 0 Å². The predicted octanol–water partition coefficient (Wildman–Crippen LogP) is 3.40. The predicted molar refractivity (Wildman–Crippen MR) is 77.7 cm³/mol. The summed E-state index contributed by atoms with van der Waals surface area (Å²) in [6.07, 6.45) is 10.5. The summed E-state index contributed by atoms with van der Waals surface area (Å²) in [5.41, 5.74) is 0. The zero-order chi connectivity index (χ0) is 12.7. The Balaban J connectivity index is 0. The SMILES string of the molecule is N.[Pt].c1ccncc1.c1ccncc1.c1ccncc1. The van der Waals surface area contributed by atoms with Gasteiger partial charge < -0.3 is 6.15 Å². The van der Waals surface area contributed by atoms with Crippen molar-refractivity contribution in [3.05, 3.63) is 91.8 Å². The molecular formula is C15H18N4Pt. The summed E-state index contributed by atoms with van der Waals surface area (Å²) < 4.78 is 0. The molecule has 0 aromatic carbocycles. The zero-order valence-corrected chi connectivity index (χ0v) is 13.3. The Hall–Kier alpha value is -1.90. The van der Waals surface area contributed by atoms with Gasteiger partial charge in [-0.05, 0) is 36.4 Å². The van der Waals surface area contributed by atoms with Crippen LogP contribution in [0.3, 0.4) is 0 Å². The van der Waals surface area contributed by atoms with Crippen LogP contribution in [0.5, 0.6) is 0 Å².